The van der Waals surface area contributed by atoms with Crippen LogP contribution in [-0.4, -0.2) is 90.9 Å². The Labute approximate surface area is 242 Å². The largest absolute Gasteiger partial charge is 0.345 e. The normalized spacial score (nSPS) is 41.3. The molecule has 0 radical (unpaired) electrons. The van der Waals surface area contributed by atoms with E-state index in [1.165, 1.54) is 0 Å². The van der Waals surface area contributed by atoms with Crippen molar-refractivity contribution in [2.75, 3.05) is 26.2 Å². The van der Waals surface area contributed by atoms with Crippen LogP contribution in [0, 0.1) is 40.9 Å². The number of carbonyl (C=O) groups is 2. The second kappa shape index (κ2) is 13.3. The third kappa shape index (κ3) is 7.12. The molecule has 5 fully saturated rings. The highest BCUT2D eigenvalue weighted by Crippen LogP contribution is 2.43. The van der Waals surface area contributed by atoms with Crippen LogP contribution in [0.5, 0.6) is 0 Å². The van der Waals surface area contributed by atoms with Gasteiger partial charge in [-0.1, -0.05) is 0 Å². The molecule has 4 aliphatic heterocycles. The van der Waals surface area contributed by atoms with Crippen LogP contribution in [0.15, 0.2) is 0 Å². The number of fused-ring (bicyclic) bond motifs is 1. The van der Waals surface area contributed by atoms with Gasteiger partial charge in [-0.05, 0) is 57.3 Å². The number of thioether (sulfide) groups is 1. The van der Waals surface area contributed by atoms with Crippen molar-refractivity contribution in [3.63, 3.8) is 0 Å². The maximum atomic E-state index is 13.6. The molecule has 230 valence electrons. The molecule has 11 unspecified atom stereocenters. The highest BCUT2D eigenvalue weighted by molar-refractivity contribution is 8.00. The van der Waals surface area contributed by atoms with Gasteiger partial charge in [0.2, 0.25) is 18.2 Å². The molecule has 41 heavy (non-hydrogen) atoms. The van der Waals surface area contributed by atoms with E-state index < -0.39 is 37.0 Å². The van der Waals surface area contributed by atoms with Gasteiger partial charge in [0, 0.05) is 55.3 Å². The second-order valence-corrected chi connectivity index (χ2v) is 13.6. The van der Waals surface area contributed by atoms with E-state index in [0.29, 0.717) is 58.2 Å². The SMILES string of the molecule is CC1CC(C2CC(C#N)CCC2OC(F)F)C(C(=O)NC2NC3CN(C(=O)C4CCC(C(F)F)CN4)CC3S2)CN1. The van der Waals surface area contributed by atoms with Gasteiger partial charge >= 0.3 is 6.61 Å². The smallest absolute Gasteiger partial charge is 0.339 e. The fourth-order valence-electron chi connectivity index (χ4n) is 7.44. The molecule has 0 spiro atoms. The molecule has 0 aromatic carbocycles. The molecule has 14 heteroatoms. The summed E-state index contributed by atoms with van der Waals surface area (Å²) in [6.07, 6.45) is -0.388. The number of halogens is 4. The molecule has 1 aliphatic carbocycles. The molecule has 0 aromatic rings. The number of alkyl halides is 4. The van der Waals surface area contributed by atoms with E-state index >= 15 is 0 Å². The van der Waals surface area contributed by atoms with Crippen LogP contribution in [0.25, 0.3) is 0 Å². The molecule has 5 aliphatic rings. The lowest BCUT2D eigenvalue weighted by Gasteiger charge is -2.45. The summed E-state index contributed by atoms with van der Waals surface area (Å²) in [5, 5.41) is 22.5. The molecule has 4 N–H and O–H groups in total. The van der Waals surface area contributed by atoms with E-state index in [1.807, 2.05) is 6.92 Å². The summed E-state index contributed by atoms with van der Waals surface area (Å²) in [6, 6.07) is 1.95. The van der Waals surface area contributed by atoms with E-state index in [9.17, 15) is 32.4 Å². The molecule has 4 heterocycles. The lowest BCUT2D eigenvalue weighted by Crippen LogP contribution is -2.56. The standard InChI is InChI=1S/C27H40F4N6O3S/c1-13-6-16(17-7-14(8-32)2-5-21(17)40-26(30)31)18(10-33-13)24(38)36-27-35-20-11-37(12-22(20)41-27)25(39)19-4-3-15(9-34-19)23(28)29/h13-23,26-27,33-35H,2-7,9-12H2,1H3,(H,36,38). The van der Waals surface area contributed by atoms with Crippen LogP contribution in [0.2, 0.25) is 0 Å². The van der Waals surface area contributed by atoms with Crippen molar-refractivity contribution in [1.82, 2.24) is 26.2 Å². The number of amides is 2. The Kier molecular flexibility index (Phi) is 10.0. The van der Waals surface area contributed by atoms with Crippen LogP contribution in [0.1, 0.15) is 45.4 Å². The fraction of sp³-hybridized carbons (Fsp3) is 0.889. The Morgan fingerprint density at radius 2 is 1.85 bits per heavy atom. The number of nitrogens with one attached hydrogen (secondary N) is 4. The van der Waals surface area contributed by atoms with Gasteiger partial charge < -0.3 is 25.6 Å². The van der Waals surface area contributed by atoms with E-state index in [4.69, 9.17) is 4.74 Å². The fourth-order valence-corrected chi connectivity index (χ4v) is 8.85. The van der Waals surface area contributed by atoms with E-state index in [2.05, 4.69) is 27.3 Å². The van der Waals surface area contributed by atoms with Crippen molar-refractivity contribution in [2.24, 2.45) is 29.6 Å². The Morgan fingerprint density at radius 1 is 1.05 bits per heavy atom. The summed E-state index contributed by atoms with van der Waals surface area (Å²) in [5.74, 6) is -2.14. The number of likely N-dealkylation sites (tertiary alicyclic amines) is 1. The summed E-state index contributed by atoms with van der Waals surface area (Å²) < 4.78 is 57.4. The summed E-state index contributed by atoms with van der Waals surface area (Å²) in [6.45, 7) is 0.658. The predicted octanol–water partition coefficient (Wildman–Crippen LogP) is 2.10. The first-order valence-corrected chi connectivity index (χ1v) is 15.7. The van der Waals surface area contributed by atoms with Gasteiger partial charge in [-0.3, -0.25) is 14.9 Å². The zero-order chi connectivity index (χ0) is 29.3. The Balaban J connectivity index is 1.16. The van der Waals surface area contributed by atoms with Crippen LogP contribution in [-0.2, 0) is 14.3 Å². The third-order valence-electron chi connectivity index (χ3n) is 9.64. The maximum Gasteiger partial charge on any atom is 0.345 e. The highest BCUT2D eigenvalue weighted by Gasteiger charge is 2.48. The first kappa shape index (κ1) is 30.8. The zero-order valence-electron chi connectivity index (χ0n) is 23.1. The first-order valence-electron chi connectivity index (χ1n) is 14.7. The van der Waals surface area contributed by atoms with Crippen molar-refractivity contribution >= 4 is 23.6 Å². The molecule has 9 nitrogen and oxygen atoms in total. The van der Waals surface area contributed by atoms with Gasteiger partial charge in [-0.25, -0.2) is 8.78 Å². The van der Waals surface area contributed by atoms with Crippen LogP contribution in [0.4, 0.5) is 17.6 Å². The third-order valence-corrected chi connectivity index (χ3v) is 11.0. The number of nitrogens with zero attached hydrogens (tertiary/aromatic N) is 2. The number of carbonyl (C=O) groups excluding carboxylic acids is 2. The van der Waals surface area contributed by atoms with E-state index in [-0.39, 0.29) is 58.9 Å². The van der Waals surface area contributed by atoms with Crippen LogP contribution >= 0.6 is 11.8 Å². The van der Waals surface area contributed by atoms with E-state index in [1.54, 1.807) is 16.7 Å². The molecular formula is C27H40F4N6O3S. The first-order chi connectivity index (χ1) is 19.6. The van der Waals surface area contributed by atoms with Crippen molar-refractivity contribution in [1.29, 1.82) is 5.26 Å². The summed E-state index contributed by atoms with van der Waals surface area (Å²) in [7, 11) is 0. The van der Waals surface area contributed by atoms with E-state index in [0.717, 1.165) is 0 Å². The van der Waals surface area contributed by atoms with Gasteiger partial charge in [0.15, 0.2) is 0 Å². The van der Waals surface area contributed by atoms with Crippen molar-refractivity contribution in [3.8, 4) is 6.07 Å². The number of hydrogen-bond donors (Lipinski definition) is 4. The zero-order valence-corrected chi connectivity index (χ0v) is 23.9. The monoisotopic (exact) mass is 604 g/mol. The average Bonchev–Trinajstić information content (AvgIpc) is 3.51. The maximum absolute atomic E-state index is 13.6. The molecule has 5 rings (SSSR count). The minimum atomic E-state index is -2.90. The van der Waals surface area contributed by atoms with Gasteiger partial charge in [-0.15, -0.1) is 11.8 Å². The molecule has 0 aromatic heterocycles. The number of rotatable bonds is 7. The quantitative estimate of drug-likeness (QED) is 0.327. The second-order valence-electron chi connectivity index (χ2n) is 12.3. The summed E-state index contributed by atoms with van der Waals surface area (Å²) in [4.78, 5) is 28.4. The van der Waals surface area contributed by atoms with Crippen molar-refractivity contribution < 1.29 is 31.9 Å². The van der Waals surface area contributed by atoms with Crippen LogP contribution in [0.3, 0.4) is 0 Å². The van der Waals surface area contributed by atoms with Crippen LogP contribution < -0.4 is 21.3 Å². The lowest BCUT2D eigenvalue weighted by atomic mass is 9.66. The molecular weight excluding hydrogens is 564 g/mol. The summed E-state index contributed by atoms with van der Waals surface area (Å²) in [5.41, 5.74) is -0.347. The molecule has 2 amide bonds. The number of nitriles is 1. The van der Waals surface area contributed by atoms with Gasteiger partial charge in [-0.2, -0.15) is 14.0 Å². The van der Waals surface area contributed by atoms with Crippen molar-refractivity contribution in [3.05, 3.63) is 0 Å². The van der Waals surface area contributed by atoms with Gasteiger partial charge in [0.05, 0.1) is 24.1 Å². The number of ether oxygens (including phenoxy) is 1. The molecule has 4 saturated heterocycles. The predicted molar refractivity (Wildman–Crippen MR) is 144 cm³/mol. The molecule has 1 saturated carbocycles. The highest BCUT2D eigenvalue weighted by atomic mass is 32.2. The summed E-state index contributed by atoms with van der Waals surface area (Å²) >= 11 is 1.55. The molecule has 11 atom stereocenters. The lowest BCUT2D eigenvalue weighted by molar-refractivity contribution is -0.194. The number of piperidine rings is 2. The Hall–Kier alpha value is -1.66. The number of hydrogen-bond acceptors (Lipinski definition) is 8. The van der Waals surface area contributed by atoms with Gasteiger partial charge in [0.1, 0.15) is 5.50 Å². The van der Waals surface area contributed by atoms with Crippen molar-refractivity contribution in [2.45, 2.75) is 93.5 Å². The minimum Gasteiger partial charge on any atom is -0.339 e. The Bertz CT molecular complexity index is 969. The average molecular weight is 605 g/mol. The van der Waals surface area contributed by atoms with Gasteiger partial charge in [0.25, 0.3) is 0 Å². The topological polar surface area (TPSA) is 119 Å². The minimum absolute atomic E-state index is 0.00879. The molecule has 0 bridgehead atoms. The Morgan fingerprint density at radius 3 is 2.51 bits per heavy atom.